The van der Waals surface area contributed by atoms with Gasteiger partial charge >= 0.3 is 0 Å². The van der Waals surface area contributed by atoms with Crippen LogP contribution in [0.3, 0.4) is 0 Å². The molecule has 0 saturated heterocycles. The number of nitrogens with zero attached hydrogens (tertiary/aromatic N) is 2. The molecule has 49 heavy (non-hydrogen) atoms. The minimum atomic E-state index is -3.98. The van der Waals surface area contributed by atoms with E-state index in [1.165, 1.54) is 48.3 Å². The van der Waals surface area contributed by atoms with Gasteiger partial charge in [0.2, 0.25) is 10.0 Å². The van der Waals surface area contributed by atoms with Crippen LogP contribution in [0, 0.1) is 18.7 Å². The number of likely N-dealkylation sites (N-methyl/N-ethyl adjacent to an activating group) is 1. The van der Waals surface area contributed by atoms with Crippen molar-refractivity contribution in [2.24, 2.45) is 5.92 Å². The molecule has 3 aromatic carbocycles. The van der Waals surface area contributed by atoms with Gasteiger partial charge in [-0.05, 0) is 94.6 Å². The highest BCUT2D eigenvalue weighted by atomic mass is 32.2. The Balaban J connectivity index is 1.67. The summed E-state index contributed by atoms with van der Waals surface area (Å²) in [6.45, 7) is 7.26. The Labute approximate surface area is 289 Å². The van der Waals surface area contributed by atoms with Gasteiger partial charge in [0.05, 0.1) is 40.2 Å². The van der Waals surface area contributed by atoms with Crippen molar-refractivity contribution in [1.82, 2.24) is 9.21 Å². The number of ether oxygens (including phenoxy) is 2. The molecule has 1 aliphatic rings. The lowest BCUT2D eigenvalue weighted by Gasteiger charge is -2.35. The monoisotopic (exact) mass is 719 g/mol. The third-order valence-corrected chi connectivity index (χ3v) is 11.8. The van der Waals surface area contributed by atoms with Crippen LogP contribution in [0.15, 0.2) is 76.5 Å². The van der Waals surface area contributed by atoms with Crippen LogP contribution in [0.25, 0.3) is 0 Å². The largest absolute Gasteiger partial charge is 0.490 e. The molecule has 4 rings (SSSR count). The van der Waals surface area contributed by atoms with E-state index in [9.17, 15) is 31.1 Å². The van der Waals surface area contributed by atoms with E-state index in [0.717, 1.165) is 28.4 Å². The molecule has 0 radical (unpaired) electrons. The van der Waals surface area contributed by atoms with Gasteiger partial charge < -0.3 is 19.5 Å². The van der Waals surface area contributed by atoms with Crippen LogP contribution in [-0.4, -0.2) is 88.7 Å². The molecule has 268 valence electrons. The number of hydrogen-bond acceptors (Lipinski definition) is 8. The molecule has 1 aliphatic heterocycles. The smallest absolute Gasteiger partial charge is 0.261 e. The van der Waals surface area contributed by atoms with E-state index in [1.807, 2.05) is 20.8 Å². The second-order valence-corrected chi connectivity index (χ2v) is 16.4. The molecule has 14 heteroatoms. The average molecular weight is 720 g/mol. The SMILES string of the molecule is Cc1ccc(S(=O)(=O)Nc2ccc3c(c2)C(=O)N([C@@H](C)CO)C[C@@H](C)[C@@H](CN(C)S(=O)(=O)c2ccc(F)cc2)OCCCC[C@@H](C)O3)cc1. The Morgan fingerprint density at radius 1 is 1.00 bits per heavy atom. The van der Waals surface area contributed by atoms with Gasteiger partial charge in [0.25, 0.3) is 15.9 Å². The number of aliphatic hydroxyl groups excluding tert-OH is 1. The predicted octanol–water partition coefficient (Wildman–Crippen LogP) is 5.05. The van der Waals surface area contributed by atoms with Crippen LogP contribution in [0.2, 0.25) is 0 Å². The lowest BCUT2D eigenvalue weighted by molar-refractivity contribution is -0.00834. The van der Waals surface area contributed by atoms with Crippen LogP contribution in [-0.2, 0) is 24.8 Å². The Bertz CT molecular complexity index is 1790. The fraction of sp³-hybridized carbons (Fsp3) is 0.457. The summed E-state index contributed by atoms with van der Waals surface area (Å²) in [6.07, 6.45) is 1.10. The van der Waals surface area contributed by atoms with Crippen molar-refractivity contribution in [2.75, 3.05) is 38.1 Å². The number of anilines is 1. The summed E-state index contributed by atoms with van der Waals surface area (Å²) in [4.78, 5) is 15.8. The Morgan fingerprint density at radius 2 is 1.65 bits per heavy atom. The molecule has 0 fully saturated rings. The molecule has 1 amide bonds. The molecular formula is C35H46FN3O8S2. The van der Waals surface area contributed by atoms with Gasteiger partial charge in [-0.2, -0.15) is 4.31 Å². The third-order valence-electron chi connectivity index (χ3n) is 8.59. The van der Waals surface area contributed by atoms with Crippen LogP contribution in [0.5, 0.6) is 5.75 Å². The third kappa shape index (κ3) is 9.79. The van der Waals surface area contributed by atoms with Gasteiger partial charge in [-0.15, -0.1) is 0 Å². The summed E-state index contributed by atoms with van der Waals surface area (Å²) >= 11 is 0. The van der Waals surface area contributed by atoms with Gasteiger partial charge in [0, 0.05) is 38.3 Å². The average Bonchev–Trinajstić information content (AvgIpc) is 3.06. The van der Waals surface area contributed by atoms with Crippen molar-refractivity contribution < 1.29 is 40.6 Å². The Hall–Kier alpha value is -3.56. The minimum Gasteiger partial charge on any atom is -0.490 e. The summed E-state index contributed by atoms with van der Waals surface area (Å²) in [5, 5.41) is 10.2. The van der Waals surface area contributed by atoms with E-state index < -0.39 is 49.8 Å². The molecule has 0 aliphatic carbocycles. The van der Waals surface area contributed by atoms with Gasteiger partial charge in [0.15, 0.2) is 0 Å². The second-order valence-electron chi connectivity index (χ2n) is 12.7. The van der Waals surface area contributed by atoms with E-state index in [2.05, 4.69) is 4.72 Å². The molecule has 2 N–H and O–H groups in total. The van der Waals surface area contributed by atoms with Crippen LogP contribution >= 0.6 is 0 Å². The Kier molecular flexibility index (Phi) is 12.8. The zero-order valence-corrected chi connectivity index (χ0v) is 30.1. The van der Waals surface area contributed by atoms with Crippen molar-refractivity contribution in [3.8, 4) is 5.75 Å². The fourth-order valence-corrected chi connectivity index (χ4v) is 7.75. The number of hydrogen-bond donors (Lipinski definition) is 2. The fourth-order valence-electron chi connectivity index (χ4n) is 5.52. The number of carbonyl (C=O) groups excluding carboxylic acids is 1. The number of fused-ring (bicyclic) bond motifs is 1. The van der Waals surface area contributed by atoms with Crippen molar-refractivity contribution in [2.45, 2.75) is 75.0 Å². The first-order valence-corrected chi connectivity index (χ1v) is 19.2. The number of amides is 1. The molecule has 0 aromatic heterocycles. The highest BCUT2D eigenvalue weighted by molar-refractivity contribution is 7.92. The van der Waals surface area contributed by atoms with Crippen molar-refractivity contribution in [3.05, 3.63) is 83.7 Å². The van der Waals surface area contributed by atoms with Crippen molar-refractivity contribution in [3.63, 3.8) is 0 Å². The van der Waals surface area contributed by atoms with Crippen LogP contribution < -0.4 is 9.46 Å². The molecule has 0 unspecified atom stereocenters. The van der Waals surface area contributed by atoms with Gasteiger partial charge in [-0.3, -0.25) is 9.52 Å². The number of nitrogens with one attached hydrogen (secondary N) is 1. The lowest BCUT2D eigenvalue weighted by Crippen LogP contribution is -2.48. The van der Waals surface area contributed by atoms with E-state index >= 15 is 0 Å². The van der Waals surface area contributed by atoms with Crippen molar-refractivity contribution >= 4 is 31.6 Å². The van der Waals surface area contributed by atoms with Gasteiger partial charge in [0.1, 0.15) is 11.6 Å². The summed E-state index contributed by atoms with van der Waals surface area (Å²) in [7, 11) is -6.53. The van der Waals surface area contributed by atoms with E-state index in [-0.39, 0.29) is 52.6 Å². The maximum atomic E-state index is 14.4. The predicted molar refractivity (Wildman–Crippen MR) is 185 cm³/mol. The van der Waals surface area contributed by atoms with Crippen LogP contribution in [0.1, 0.15) is 56.0 Å². The van der Waals surface area contributed by atoms with Crippen molar-refractivity contribution in [1.29, 1.82) is 0 Å². The first-order valence-electron chi connectivity index (χ1n) is 16.3. The zero-order chi connectivity index (χ0) is 35.9. The van der Waals surface area contributed by atoms with E-state index in [1.54, 1.807) is 25.1 Å². The molecule has 0 saturated carbocycles. The molecular weight excluding hydrogens is 674 g/mol. The first kappa shape index (κ1) is 38.2. The number of aryl methyl sites for hydroxylation is 1. The number of benzene rings is 3. The molecule has 3 aromatic rings. The quantitative estimate of drug-likeness (QED) is 0.313. The minimum absolute atomic E-state index is 0.0442. The van der Waals surface area contributed by atoms with E-state index in [0.29, 0.717) is 19.4 Å². The number of rotatable bonds is 9. The lowest BCUT2D eigenvalue weighted by atomic mass is 10.0. The molecule has 0 bridgehead atoms. The van der Waals surface area contributed by atoms with Crippen LogP contribution in [0.4, 0.5) is 10.1 Å². The zero-order valence-electron chi connectivity index (χ0n) is 28.5. The number of aliphatic hydroxyl groups is 1. The normalized spacial score (nSPS) is 20.6. The summed E-state index contributed by atoms with van der Waals surface area (Å²) in [6, 6.07) is 14.8. The second kappa shape index (κ2) is 16.4. The number of sulfonamides is 2. The van der Waals surface area contributed by atoms with Gasteiger partial charge in [-0.1, -0.05) is 24.6 Å². The molecule has 0 spiro atoms. The maximum Gasteiger partial charge on any atom is 0.261 e. The maximum absolute atomic E-state index is 14.4. The molecule has 4 atom stereocenters. The topological polar surface area (TPSA) is 143 Å². The Morgan fingerprint density at radius 3 is 2.31 bits per heavy atom. The first-order chi connectivity index (χ1) is 23.1. The molecule has 1 heterocycles. The highest BCUT2D eigenvalue weighted by Gasteiger charge is 2.32. The highest BCUT2D eigenvalue weighted by Crippen LogP contribution is 2.30. The number of carbonyl (C=O) groups is 1. The molecule has 11 nitrogen and oxygen atoms in total. The number of halogens is 1. The summed E-state index contributed by atoms with van der Waals surface area (Å²) < 4.78 is 82.8. The summed E-state index contributed by atoms with van der Waals surface area (Å²) in [5.41, 5.74) is 1.17. The van der Waals surface area contributed by atoms with E-state index in [4.69, 9.17) is 9.47 Å². The van der Waals surface area contributed by atoms with Gasteiger partial charge in [-0.25, -0.2) is 21.2 Å². The standard InChI is InChI=1S/C35H46FN3O8S2/c1-24-9-14-30(15-10-24)48(42,43)37-29-13-18-33-32(20-29)35(41)39(26(3)23-40)21-25(2)34(46-19-7-6-8-27(4)47-33)22-38(5)49(44,45)31-16-11-28(36)12-17-31/h9-18,20,25-27,34,37,40H,6-8,19,21-23H2,1-5H3/t25-,26+,27-,34-/m1/s1. The summed E-state index contributed by atoms with van der Waals surface area (Å²) in [5.74, 6) is -1.20.